The van der Waals surface area contributed by atoms with Crippen molar-refractivity contribution in [3.63, 3.8) is 0 Å². The van der Waals surface area contributed by atoms with Crippen molar-refractivity contribution < 1.29 is 52.3 Å². The third-order valence-corrected chi connectivity index (χ3v) is 10.8. The van der Waals surface area contributed by atoms with E-state index in [1.807, 2.05) is 48.5 Å². The molecule has 0 fully saturated rings. The number of fused-ring (bicyclic) bond motifs is 3. The average Bonchev–Trinajstić information content (AvgIpc) is 3.56. The molecule has 4 rings (SSSR count). The van der Waals surface area contributed by atoms with Gasteiger partial charge in [0.15, 0.2) is 5.43 Å². The van der Waals surface area contributed by atoms with Gasteiger partial charge in [-0.15, -0.1) is 0 Å². The summed E-state index contributed by atoms with van der Waals surface area (Å²) >= 11 is 0. The molecule has 4 N–H and O–H groups in total. The normalized spacial score (nSPS) is 16.3. The van der Waals surface area contributed by atoms with Crippen LogP contribution in [-0.4, -0.2) is 138 Å². The summed E-state index contributed by atoms with van der Waals surface area (Å²) in [6, 6.07) is 2.78. The predicted molar refractivity (Wildman–Crippen MR) is 251 cm³/mol. The second-order valence-electron chi connectivity index (χ2n) is 17.0. The van der Waals surface area contributed by atoms with Crippen LogP contribution in [-0.2, 0) is 47.4 Å². The van der Waals surface area contributed by atoms with Crippen LogP contribution in [0.1, 0.15) is 68.4 Å². The first kappa shape index (κ1) is 54.1. The Morgan fingerprint density at radius 3 is 1.26 bits per heavy atom. The highest BCUT2D eigenvalue weighted by Crippen LogP contribution is 2.33. The number of anilines is 2. The largest absolute Gasteiger partial charge is 0.397 e. The first-order chi connectivity index (χ1) is 31.3. The van der Waals surface area contributed by atoms with E-state index >= 15 is 0 Å². The van der Waals surface area contributed by atoms with E-state index < -0.39 is 66.9 Å². The summed E-state index contributed by atoms with van der Waals surface area (Å²) in [5.41, 5.74) is 7.80. The maximum Gasteiger partial charge on any atom is 0.281 e. The molecule has 0 aliphatic heterocycles. The zero-order valence-electron chi connectivity index (χ0n) is 39.8. The lowest BCUT2D eigenvalue weighted by Gasteiger charge is -2.23. The molecule has 20 nitrogen and oxygen atoms in total. The topological polar surface area (TPSA) is 261 Å². The van der Waals surface area contributed by atoms with Crippen molar-refractivity contribution in [2.75, 3.05) is 91.3 Å². The zero-order chi connectivity index (χ0) is 48.8. The van der Waals surface area contributed by atoms with Gasteiger partial charge in [0.25, 0.3) is 16.8 Å². The van der Waals surface area contributed by atoms with Gasteiger partial charge in [-0.25, -0.2) is 0 Å². The molecule has 368 valence electrons. The maximum absolute atomic E-state index is 13.7. The van der Waals surface area contributed by atoms with Gasteiger partial charge in [-0.3, -0.25) is 33.9 Å². The monoisotopic (exact) mass is 932 g/mol. The number of rotatable bonds is 31. The van der Waals surface area contributed by atoms with Crippen LogP contribution >= 0.6 is 0 Å². The molecule has 0 aliphatic rings. The van der Waals surface area contributed by atoms with E-state index in [0.29, 0.717) is 52.9 Å². The second-order valence-corrected chi connectivity index (χ2v) is 17.0. The number of hydrogen-bond donors (Lipinski definition) is 2. The summed E-state index contributed by atoms with van der Waals surface area (Å²) < 4.78 is 58.6. The fourth-order valence-electron chi connectivity index (χ4n) is 7.07. The van der Waals surface area contributed by atoms with Crippen LogP contribution in [0.4, 0.5) is 17.1 Å². The number of aromatic nitrogens is 1. The molecule has 4 aromatic rings. The van der Waals surface area contributed by atoms with Crippen molar-refractivity contribution in [3.05, 3.63) is 69.5 Å². The smallest absolute Gasteiger partial charge is 0.281 e. The van der Waals surface area contributed by atoms with Crippen molar-refractivity contribution in [1.29, 1.82) is 0 Å². The third kappa shape index (κ3) is 14.3. The van der Waals surface area contributed by atoms with Crippen LogP contribution in [0.25, 0.3) is 32.3 Å². The highest BCUT2D eigenvalue weighted by molar-refractivity contribution is 6.21. The minimum atomic E-state index is -0.942. The number of nitrogens with zero attached hydrogens (tertiary/aromatic N) is 2. The van der Waals surface area contributed by atoms with E-state index in [1.165, 1.54) is 12.1 Å². The molecule has 20 heteroatoms. The average molecular weight is 933 g/mol. The van der Waals surface area contributed by atoms with Gasteiger partial charge in [0, 0.05) is 18.6 Å². The van der Waals surface area contributed by atoms with Gasteiger partial charge in [0.1, 0.15) is 5.39 Å². The van der Waals surface area contributed by atoms with E-state index in [2.05, 4.69) is 0 Å². The van der Waals surface area contributed by atoms with Gasteiger partial charge in [0.2, 0.25) is 5.43 Å². The molecule has 0 bridgehead atoms. The Morgan fingerprint density at radius 2 is 0.879 bits per heavy atom. The summed E-state index contributed by atoms with van der Waals surface area (Å²) in [5.74, 6) is 0. The van der Waals surface area contributed by atoms with E-state index in [4.69, 9.17) is 58.8 Å². The fourth-order valence-corrected chi connectivity index (χ4v) is 7.07. The number of hydrogen-bond acceptors (Lipinski definition) is 18. The van der Waals surface area contributed by atoms with Crippen LogP contribution in [0.3, 0.4) is 0 Å². The number of nitro benzene ring substituents is 1. The molecular weight excluding hydrogens is 865 g/mol. The molecule has 0 aliphatic carbocycles. The highest BCUT2D eigenvalue weighted by atomic mass is 16.6. The third-order valence-electron chi connectivity index (χ3n) is 10.8. The summed E-state index contributed by atoms with van der Waals surface area (Å²) in [4.78, 5) is 65.6. The van der Waals surface area contributed by atoms with Crippen LogP contribution in [0.2, 0.25) is 0 Å². The first-order valence-electron chi connectivity index (χ1n) is 22.3. The molecule has 1 aromatic heterocycles. The van der Waals surface area contributed by atoms with Gasteiger partial charge in [-0.1, -0.05) is 6.07 Å². The summed E-state index contributed by atoms with van der Waals surface area (Å²) in [7, 11) is 1.63. The van der Waals surface area contributed by atoms with Crippen molar-refractivity contribution in [1.82, 2.24) is 4.57 Å². The Labute approximate surface area is 383 Å². The van der Waals surface area contributed by atoms with Gasteiger partial charge < -0.3 is 58.8 Å². The Balaban J connectivity index is 1.16. The highest BCUT2D eigenvalue weighted by Gasteiger charge is 2.29. The molecule has 0 saturated heterocycles. The van der Waals surface area contributed by atoms with Crippen LogP contribution in [0, 0.1) is 10.1 Å². The van der Waals surface area contributed by atoms with Gasteiger partial charge in [-0.05, 0) is 68.4 Å². The zero-order valence-corrected chi connectivity index (χ0v) is 39.8. The van der Waals surface area contributed by atoms with E-state index in [9.17, 15) is 29.3 Å². The fraction of sp³-hybridized carbons (Fsp3) is 0.652. The number of ether oxygens (including phenoxy) is 10. The standard InChI is InChI=1S/C46H68N4O16/c1-25(49-45(53)39-40(46(49)54)42(48)38-37(41(39)47)43(51)34-12-11-13-35(50(55)56)36(34)44(38)52)16-59-27(3)18-61-29(5)20-63-31(7)22-65-33(9)24-66-32(8)23-64-30(6)21-62-28(4)19-60-26(2)17-58-15-14-57-10/h11-13,25-33H,14-24,47-48H2,1-10H3. The number of methoxy groups -OCH3 is 1. The number of nitrogens with two attached hydrogens (primary N) is 2. The predicted octanol–water partition coefficient (Wildman–Crippen LogP) is 3.80. The molecule has 9 unspecified atom stereocenters. The first-order valence-corrected chi connectivity index (χ1v) is 22.3. The minimum Gasteiger partial charge on any atom is -0.397 e. The molecule has 0 radical (unpaired) electrons. The minimum absolute atomic E-state index is 0.0443. The van der Waals surface area contributed by atoms with Gasteiger partial charge >= 0.3 is 0 Å². The molecule has 3 aromatic carbocycles. The lowest BCUT2D eigenvalue weighted by molar-refractivity contribution is -0.383. The molecule has 9 atom stereocenters. The molecular formula is C46H68N4O16. The van der Waals surface area contributed by atoms with E-state index in [-0.39, 0.29) is 84.1 Å². The molecule has 66 heavy (non-hydrogen) atoms. The van der Waals surface area contributed by atoms with Crippen molar-refractivity contribution >= 4 is 49.4 Å². The number of benzene rings is 3. The SMILES string of the molecule is COCCOCC(C)OCC(C)OCC(C)OCC(C)OCC(C)OCC(C)OCC(C)OCC(C)OCC(C)n1c(=O)c2c(N)c3c(=O)c4cccc([N+](=O)[O-])c4c(=O)c3c(N)c2c1=O. The number of nitro groups is 1. The quantitative estimate of drug-likeness (QED) is 0.0182. The van der Waals surface area contributed by atoms with Crippen LogP contribution in [0.5, 0.6) is 0 Å². The van der Waals surface area contributed by atoms with Crippen LogP contribution < -0.4 is 33.4 Å². The Kier molecular flexibility index (Phi) is 21.0. The Morgan fingerprint density at radius 1 is 0.515 bits per heavy atom. The van der Waals surface area contributed by atoms with E-state index in [1.54, 1.807) is 21.0 Å². The Hall–Kier alpha value is -4.48. The molecule has 0 spiro atoms. The van der Waals surface area contributed by atoms with Gasteiger partial charge in [-0.2, -0.15) is 0 Å². The molecule has 0 saturated carbocycles. The summed E-state index contributed by atoms with van der Waals surface area (Å²) in [6.07, 6.45) is -1.57. The molecule has 0 amide bonds. The number of non-ortho nitro benzene ring substituents is 1. The number of nitrogen functional groups attached to an aromatic ring is 2. The molecule has 1 heterocycles. The van der Waals surface area contributed by atoms with E-state index in [0.717, 1.165) is 10.6 Å². The van der Waals surface area contributed by atoms with Crippen molar-refractivity contribution in [2.45, 2.75) is 117 Å². The van der Waals surface area contributed by atoms with Crippen LogP contribution in [0.15, 0.2) is 37.4 Å². The van der Waals surface area contributed by atoms with Crippen molar-refractivity contribution in [2.24, 2.45) is 0 Å². The second kappa shape index (κ2) is 25.6. The maximum atomic E-state index is 13.7. The summed E-state index contributed by atoms with van der Waals surface area (Å²) in [6.45, 7) is 20.8. The van der Waals surface area contributed by atoms with Crippen molar-refractivity contribution in [3.8, 4) is 0 Å². The van der Waals surface area contributed by atoms with Gasteiger partial charge in [0.05, 0.1) is 165 Å². The lowest BCUT2D eigenvalue weighted by Crippen LogP contribution is -2.33. The lowest BCUT2D eigenvalue weighted by atomic mass is 9.96. The Bertz CT molecular complexity index is 2420. The summed E-state index contributed by atoms with van der Waals surface area (Å²) in [5, 5.41) is 9.53.